The molecule has 2 N–H and O–H groups in total. The second-order valence-corrected chi connectivity index (χ2v) is 4.95. The van der Waals surface area contributed by atoms with Crippen molar-refractivity contribution in [2.75, 3.05) is 6.61 Å². The first-order valence-electron chi connectivity index (χ1n) is 6.96. The van der Waals surface area contributed by atoms with E-state index >= 15 is 0 Å². The molecule has 1 aromatic rings. The number of ether oxygens (including phenoxy) is 2. The van der Waals surface area contributed by atoms with Gasteiger partial charge in [-0.3, -0.25) is 4.79 Å². The van der Waals surface area contributed by atoms with Crippen LogP contribution in [0, 0.1) is 0 Å². The molecule has 0 saturated carbocycles. The van der Waals surface area contributed by atoms with Gasteiger partial charge in [-0.1, -0.05) is 26.0 Å². The topological polar surface area (TPSA) is 84.9 Å². The van der Waals surface area contributed by atoms with Gasteiger partial charge in [-0.05, 0) is 25.0 Å². The van der Waals surface area contributed by atoms with E-state index in [4.69, 9.17) is 9.47 Å². The number of carbonyl (C=O) groups excluding carboxylic acids is 1. The number of fused-ring (bicyclic) bond motifs is 1. The Hall–Kier alpha value is -2.24. The van der Waals surface area contributed by atoms with Crippen molar-refractivity contribution >= 4 is 11.9 Å². The second kappa shape index (κ2) is 6.03. The van der Waals surface area contributed by atoms with Crippen molar-refractivity contribution in [3.05, 3.63) is 24.3 Å². The number of carboxylic acids is 1. The lowest BCUT2D eigenvalue weighted by molar-refractivity contribution is -0.150. The Labute approximate surface area is 123 Å². The second-order valence-electron chi connectivity index (χ2n) is 4.95. The summed E-state index contributed by atoms with van der Waals surface area (Å²) in [4.78, 5) is 23.7. The van der Waals surface area contributed by atoms with Crippen LogP contribution in [-0.2, 0) is 9.59 Å². The molecule has 1 unspecified atom stereocenters. The van der Waals surface area contributed by atoms with Crippen LogP contribution >= 0.6 is 0 Å². The minimum atomic E-state index is -1.27. The summed E-state index contributed by atoms with van der Waals surface area (Å²) in [6.07, 6.45) is -0.250. The maximum absolute atomic E-state index is 12.3. The van der Waals surface area contributed by atoms with Gasteiger partial charge in [0.2, 0.25) is 6.10 Å². The summed E-state index contributed by atoms with van der Waals surface area (Å²) in [5.41, 5.74) is -1.27. The van der Waals surface area contributed by atoms with Crippen molar-refractivity contribution < 1.29 is 24.2 Å². The van der Waals surface area contributed by atoms with Gasteiger partial charge in [0.25, 0.3) is 5.91 Å². The average molecular weight is 293 g/mol. The molecule has 114 valence electrons. The van der Waals surface area contributed by atoms with Crippen molar-refractivity contribution in [1.29, 1.82) is 0 Å². The van der Waals surface area contributed by atoms with Crippen molar-refractivity contribution in [3.8, 4) is 11.5 Å². The average Bonchev–Trinajstić information content (AvgIpc) is 2.51. The summed E-state index contributed by atoms with van der Waals surface area (Å²) < 4.78 is 11.0. The number of carboxylic acid groups (broad SMARTS) is 1. The fourth-order valence-electron chi connectivity index (χ4n) is 2.25. The predicted octanol–water partition coefficient (Wildman–Crippen LogP) is 1.59. The molecular weight excluding hydrogens is 274 g/mol. The Morgan fingerprint density at radius 3 is 2.48 bits per heavy atom. The molecule has 1 aromatic carbocycles. The Bertz CT molecular complexity index is 539. The fraction of sp³-hybridized carbons (Fsp3) is 0.467. The van der Waals surface area contributed by atoms with E-state index in [-0.39, 0.29) is 6.61 Å². The van der Waals surface area contributed by atoms with Crippen molar-refractivity contribution in [2.24, 2.45) is 0 Å². The highest BCUT2D eigenvalue weighted by Crippen LogP contribution is 2.31. The van der Waals surface area contributed by atoms with Gasteiger partial charge in [0, 0.05) is 0 Å². The molecule has 0 aliphatic carbocycles. The van der Waals surface area contributed by atoms with Crippen LogP contribution in [0.15, 0.2) is 24.3 Å². The van der Waals surface area contributed by atoms with E-state index in [0.29, 0.717) is 24.3 Å². The third kappa shape index (κ3) is 2.94. The highest BCUT2D eigenvalue weighted by atomic mass is 16.6. The first-order valence-corrected chi connectivity index (χ1v) is 6.96. The molecule has 1 aliphatic rings. The quantitative estimate of drug-likeness (QED) is 0.861. The molecule has 6 nitrogen and oxygen atoms in total. The van der Waals surface area contributed by atoms with E-state index in [2.05, 4.69) is 5.32 Å². The molecule has 0 aromatic heterocycles. The number of nitrogens with one attached hydrogen (secondary N) is 1. The standard InChI is InChI=1S/C15H19NO5/c1-3-15(4-2,14(18)19)16-13(17)12-9-20-10-7-5-6-8-11(10)21-12/h5-8,12H,3-4,9H2,1-2H3,(H,16,17)(H,18,19). The van der Waals surface area contributed by atoms with Gasteiger partial charge >= 0.3 is 5.97 Å². The largest absolute Gasteiger partial charge is 0.485 e. The Morgan fingerprint density at radius 1 is 1.29 bits per heavy atom. The maximum Gasteiger partial charge on any atom is 0.329 e. The summed E-state index contributed by atoms with van der Waals surface area (Å²) in [6, 6.07) is 7.05. The van der Waals surface area contributed by atoms with Gasteiger partial charge in [-0.2, -0.15) is 0 Å². The van der Waals surface area contributed by atoms with Crippen molar-refractivity contribution in [2.45, 2.75) is 38.3 Å². The summed E-state index contributed by atoms with van der Waals surface area (Å²) in [5.74, 6) is -0.455. The van der Waals surface area contributed by atoms with Gasteiger partial charge in [-0.25, -0.2) is 4.79 Å². The van der Waals surface area contributed by atoms with Crippen molar-refractivity contribution in [3.63, 3.8) is 0 Å². The summed E-state index contributed by atoms with van der Waals surface area (Å²) in [7, 11) is 0. The molecule has 1 amide bonds. The van der Waals surface area contributed by atoms with E-state index in [1.54, 1.807) is 32.0 Å². The van der Waals surface area contributed by atoms with Crippen LogP contribution in [0.2, 0.25) is 0 Å². The number of carbonyl (C=O) groups is 2. The molecule has 1 aliphatic heterocycles. The van der Waals surface area contributed by atoms with Crippen LogP contribution in [-0.4, -0.2) is 35.2 Å². The van der Waals surface area contributed by atoms with E-state index in [9.17, 15) is 14.7 Å². The number of para-hydroxylation sites is 2. The van der Waals surface area contributed by atoms with Gasteiger partial charge in [0.1, 0.15) is 12.1 Å². The zero-order valence-electron chi connectivity index (χ0n) is 12.1. The molecule has 0 spiro atoms. The van der Waals surface area contributed by atoms with Crippen molar-refractivity contribution in [1.82, 2.24) is 5.32 Å². The summed E-state index contributed by atoms with van der Waals surface area (Å²) in [5, 5.41) is 11.9. The lowest BCUT2D eigenvalue weighted by Crippen LogP contribution is -2.58. The number of hydrogen-bond acceptors (Lipinski definition) is 4. The maximum atomic E-state index is 12.3. The smallest absolute Gasteiger partial charge is 0.329 e. The molecule has 1 atom stereocenters. The highest BCUT2D eigenvalue weighted by molar-refractivity contribution is 5.89. The predicted molar refractivity (Wildman–Crippen MR) is 75.4 cm³/mol. The molecule has 6 heteroatoms. The Morgan fingerprint density at radius 2 is 1.90 bits per heavy atom. The highest BCUT2D eigenvalue weighted by Gasteiger charge is 2.39. The van der Waals surface area contributed by atoms with Crippen LogP contribution in [0.3, 0.4) is 0 Å². The summed E-state index contributed by atoms with van der Waals surface area (Å²) >= 11 is 0. The van der Waals surface area contributed by atoms with Gasteiger partial charge in [-0.15, -0.1) is 0 Å². The van der Waals surface area contributed by atoms with E-state index in [0.717, 1.165) is 0 Å². The van der Waals surface area contributed by atoms with Crippen LogP contribution in [0.1, 0.15) is 26.7 Å². The van der Waals surface area contributed by atoms with Crippen LogP contribution < -0.4 is 14.8 Å². The molecule has 0 fully saturated rings. The number of aliphatic carboxylic acids is 1. The zero-order chi connectivity index (χ0) is 15.5. The number of rotatable bonds is 5. The molecule has 21 heavy (non-hydrogen) atoms. The molecule has 0 bridgehead atoms. The molecule has 0 saturated heterocycles. The van der Waals surface area contributed by atoms with Crippen LogP contribution in [0.25, 0.3) is 0 Å². The fourth-order valence-corrected chi connectivity index (χ4v) is 2.25. The first kappa shape index (κ1) is 15.2. The molecule has 0 radical (unpaired) electrons. The Balaban J connectivity index is 2.10. The summed E-state index contributed by atoms with van der Waals surface area (Å²) in [6.45, 7) is 3.52. The van der Waals surface area contributed by atoms with E-state index < -0.39 is 23.5 Å². The molecule has 2 rings (SSSR count). The minimum Gasteiger partial charge on any atom is -0.485 e. The van der Waals surface area contributed by atoms with E-state index in [1.165, 1.54) is 0 Å². The third-order valence-electron chi connectivity index (χ3n) is 3.78. The van der Waals surface area contributed by atoms with Crippen LogP contribution in [0.5, 0.6) is 11.5 Å². The normalized spacial score (nSPS) is 17.1. The third-order valence-corrected chi connectivity index (χ3v) is 3.78. The van der Waals surface area contributed by atoms with Crippen LogP contribution in [0.4, 0.5) is 0 Å². The lowest BCUT2D eigenvalue weighted by atomic mass is 9.92. The SMILES string of the molecule is CCC(CC)(NC(=O)C1COc2ccccc2O1)C(=O)O. The van der Waals surface area contributed by atoms with Gasteiger partial charge in [0.05, 0.1) is 0 Å². The molecule has 1 heterocycles. The van der Waals surface area contributed by atoms with Gasteiger partial charge < -0.3 is 19.9 Å². The number of benzene rings is 1. The monoisotopic (exact) mass is 293 g/mol. The zero-order valence-corrected chi connectivity index (χ0v) is 12.1. The number of hydrogen-bond donors (Lipinski definition) is 2. The number of amides is 1. The molecular formula is C15H19NO5. The van der Waals surface area contributed by atoms with E-state index in [1.807, 2.05) is 6.07 Å². The van der Waals surface area contributed by atoms with Gasteiger partial charge in [0.15, 0.2) is 11.5 Å². The lowest BCUT2D eigenvalue weighted by Gasteiger charge is -2.31. The Kier molecular flexibility index (Phi) is 4.35. The minimum absolute atomic E-state index is 0.0615. The first-order chi connectivity index (χ1) is 10.0.